The van der Waals surface area contributed by atoms with Crippen molar-refractivity contribution >= 4 is 22.8 Å². The summed E-state index contributed by atoms with van der Waals surface area (Å²) in [5, 5.41) is 12.2. The fourth-order valence-corrected chi connectivity index (χ4v) is 2.93. The summed E-state index contributed by atoms with van der Waals surface area (Å²) >= 11 is 0. The minimum absolute atomic E-state index is 0.0622. The molecule has 168 valence electrons. The van der Waals surface area contributed by atoms with Gasteiger partial charge in [0.2, 0.25) is 11.2 Å². The van der Waals surface area contributed by atoms with Crippen molar-refractivity contribution in [2.45, 2.75) is 6.18 Å². The number of carboxylic acids is 1. The normalized spacial score (nSPS) is 11.2. The van der Waals surface area contributed by atoms with Gasteiger partial charge in [-0.1, -0.05) is 18.2 Å². The lowest BCUT2D eigenvalue weighted by Crippen LogP contribution is -2.39. The number of aliphatic carboxylic acids is 1. The van der Waals surface area contributed by atoms with Crippen LogP contribution in [0.5, 0.6) is 11.5 Å². The van der Waals surface area contributed by atoms with Gasteiger partial charge in [0.15, 0.2) is 6.61 Å². The number of hydrogen-bond donors (Lipinski definition) is 1. The highest BCUT2D eigenvalue weighted by molar-refractivity contribution is 5.86. The van der Waals surface area contributed by atoms with Crippen molar-refractivity contribution in [1.29, 1.82) is 0 Å². The summed E-state index contributed by atoms with van der Waals surface area (Å²) in [4.78, 5) is 34.9. The van der Waals surface area contributed by atoms with Crippen LogP contribution in [0.25, 0.3) is 22.1 Å². The zero-order valence-electron chi connectivity index (χ0n) is 16.4. The number of carbonyl (C=O) groups excluding carboxylic acids is 2. The zero-order valence-corrected chi connectivity index (χ0v) is 16.4. The van der Waals surface area contributed by atoms with Crippen molar-refractivity contribution in [1.82, 2.24) is 5.32 Å². The molecule has 11 heteroatoms. The average molecular weight is 450 g/mol. The fraction of sp³-hybridized carbons (Fsp3) is 0.190. The van der Waals surface area contributed by atoms with E-state index in [2.05, 4.69) is 0 Å². The number of para-hydroxylation sites is 1. The minimum atomic E-state index is -4.99. The molecule has 0 saturated heterocycles. The van der Waals surface area contributed by atoms with Crippen LogP contribution in [0, 0.1) is 0 Å². The highest BCUT2D eigenvalue weighted by atomic mass is 19.4. The molecule has 32 heavy (non-hydrogen) atoms. The van der Waals surface area contributed by atoms with Gasteiger partial charge < -0.3 is 29.1 Å². The fourth-order valence-electron chi connectivity index (χ4n) is 2.93. The van der Waals surface area contributed by atoms with Gasteiger partial charge in [-0.3, -0.25) is 9.59 Å². The smallest absolute Gasteiger partial charge is 0.450 e. The lowest BCUT2D eigenvalue weighted by atomic mass is 10.0. The summed E-state index contributed by atoms with van der Waals surface area (Å²) in [6, 6.07) is 9.24. The Morgan fingerprint density at radius 3 is 2.53 bits per heavy atom. The van der Waals surface area contributed by atoms with Gasteiger partial charge >= 0.3 is 6.18 Å². The minimum Gasteiger partial charge on any atom is -0.548 e. The van der Waals surface area contributed by atoms with Crippen LogP contribution >= 0.6 is 0 Å². The third kappa shape index (κ3) is 4.82. The van der Waals surface area contributed by atoms with E-state index >= 15 is 0 Å². The summed E-state index contributed by atoms with van der Waals surface area (Å²) in [6.07, 6.45) is -4.99. The first-order chi connectivity index (χ1) is 15.1. The van der Waals surface area contributed by atoms with Gasteiger partial charge in [0, 0.05) is 11.6 Å². The van der Waals surface area contributed by atoms with E-state index in [0.717, 1.165) is 6.07 Å². The summed E-state index contributed by atoms with van der Waals surface area (Å²) < 4.78 is 56.6. The van der Waals surface area contributed by atoms with Crippen LogP contribution in [0.15, 0.2) is 51.7 Å². The first-order valence-electron chi connectivity index (χ1n) is 9.02. The van der Waals surface area contributed by atoms with Gasteiger partial charge in [0.1, 0.15) is 17.1 Å². The molecule has 3 rings (SSSR count). The zero-order chi connectivity index (χ0) is 23.5. The second-order valence-corrected chi connectivity index (χ2v) is 6.43. The first-order valence-corrected chi connectivity index (χ1v) is 9.02. The predicted molar refractivity (Wildman–Crippen MR) is 103 cm³/mol. The van der Waals surface area contributed by atoms with Crippen LogP contribution in [0.2, 0.25) is 0 Å². The monoisotopic (exact) mass is 450 g/mol. The third-order valence-corrected chi connectivity index (χ3v) is 4.30. The molecule has 0 aliphatic heterocycles. The summed E-state index contributed by atoms with van der Waals surface area (Å²) in [7, 11) is 1.27. The van der Waals surface area contributed by atoms with E-state index in [1.807, 2.05) is 5.32 Å². The summed E-state index contributed by atoms with van der Waals surface area (Å²) in [5.41, 5.74) is -2.12. The molecule has 0 aliphatic rings. The van der Waals surface area contributed by atoms with Gasteiger partial charge in [0.05, 0.1) is 30.6 Å². The van der Waals surface area contributed by atoms with Crippen LogP contribution in [-0.4, -0.2) is 32.1 Å². The topological polar surface area (TPSA) is 118 Å². The second kappa shape index (κ2) is 9.00. The van der Waals surface area contributed by atoms with E-state index in [4.69, 9.17) is 13.9 Å². The predicted octanol–water partition coefficient (Wildman–Crippen LogP) is 1.73. The Hall–Kier alpha value is -4.02. The van der Waals surface area contributed by atoms with Gasteiger partial charge in [-0.15, -0.1) is 0 Å². The summed E-state index contributed by atoms with van der Waals surface area (Å²) in [5.74, 6) is -3.81. The summed E-state index contributed by atoms with van der Waals surface area (Å²) in [6.45, 7) is -1.34. The number of hydrogen-bond acceptors (Lipinski definition) is 7. The molecule has 0 unspecified atom stereocenters. The Labute approximate surface area is 178 Å². The number of ether oxygens (including phenoxy) is 2. The van der Waals surface area contributed by atoms with Crippen molar-refractivity contribution in [2.24, 2.45) is 0 Å². The molecule has 0 bridgehead atoms. The molecular formula is C21H15F3NO7-. The Bertz CT molecular complexity index is 1230. The molecule has 2 aromatic carbocycles. The maximum absolute atomic E-state index is 13.8. The maximum Gasteiger partial charge on any atom is 0.450 e. The molecule has 0 saturated carbocycles. The Morgan fingerprint density at radius 1 is 1.16 bits per heavy atom. The van der Waals surface area contributed by atoms with E-state index in [9.17, 15) is 32.7 Å². The number of halogens is 3. The molecule has 0 aliphatic carbocycles. The number of amides is 1. The number of carbonyl (C=O) groups is 2. The molecule has 1 aromatic heterocycles. The van der Waals surface area contributed by atoms with Gasteiger partial charge in [-0.25, -0.2) is 0 Å². The van der Waals surface area contributed by atoms with Crippen molar-refractivity contribution in [2.75, 3.05) is 20.3 Å². The van der Waals surface area contributed by atoms with Gasteiger partial charge in [-0.2, -0.15) is 13.2 Å². The molecule has 1 amide bonds. The molecule has 8 nitrogen and oxygen atoms in total. The maximum atomic E-state index is 13.8. The van der Waals surface area contributed by atoms with Crippen molar-refractivity contribution in [3.8, 4) is 22.6 Å². The number of carboxylic acid groups (broad SMARTS) is 1. The number of fused-ring (bicyclic) bond motifs is 1. The molecule has 1 N–H and O–H groups in total. The van der Waals surface area contributed by atoms with Gasteiger partial charge in [0.25, 0.3) is 5.91 Å². The van der Waals surface area contributed by atoms with Crippen LogP contribution in [0.1, 0.15) is 5.76 Å². The van der Waals surface area contributed by atoms with Crippen molar-refractivity contribution in [3.05, 3.63) is 58.4 Å². The first kappa shape index (κ1) is 22.7. The Balaban J connectivity index is 2.05. The standard InChI is InChI=1S/C21H16F3NO7/c1-30-14-5-3-2-4-12(14)18-19(29)13-7-6-11(31-10-16(26)25-9-17(27)28)8-15(13)32-20(18)21(22,23)24/h2-8H,9-10H2,1H3,(H,25,26)(H,27,28)/p-1. The molecule has 3 aromatic rings. The highest BCUT2D eigenvalue weighted by Crippen LogP contribution is 2.40. The van der Waals surface area contributed by atoms with Crippen molar-refractivity contribution < 1.29 is 41.8 Å². The number of rotatable bonds is 7. The van der Waals surface area contributed by atoms with E-state index in [1.165, 1.54) is 37.4 Å². The average Bonchev–Trinajstić information content (AvgIpc) is 2.75. The van der Waals surface area contributed by atoms with Crippen LogP contribution in [0.3, 0.4) is 0 Å². The van der Waals surface area contributed by atoms with Crippen molar-refractivity contribution in [3.63, 3.8) is 0 Å². The lowest BCUT2D eigenvalue weighted by Gasteiger charge is -2.15. The Kier molecular flexibility index (Phi) is 6.37. The third-order valence-electron chi connectivity index (χ3n) is 4.30. The van der Waals surface area contributed by atoms with Gasteiger partial charge in [-0.05, 0) is 18.2 Å². The SMILES string of the molecule is COc1ccccc1-c1c(C(F)(F)F)oc2cc(OCC(=O)NCC(=O)[O-])ccc2c1=O. The number of benzene rings is 2. The lowest BCUT2D eigenvalue weighted by molar-refractivity contribution is -0.304. The molecule has 0 radical (unpaired) electrons. The van der Waals surface area contributed by atoms with E-state index in [-0.39, 0.29) is 22.4 Å². The molecule has 0 atom stereocenters. The molecule has 1 heterocycles. The quantitative estimate of drug-likeness (QED) is 0.583. The largest absolute Gasteiger partial charge is 0.548 e. The van der Waals surface area contributed by atoms with E-state index < -0.39 is 53.5 Å². The van der Waals surface area contributed by atoms with E-state index in [0.29, 0.717) is 0 Å². The Morgan fingerprint density at radius 2 is 1.88 bits per heavy atom. The van der Waals surface area contributed by atoms with Crippen LogP contribution < -0.4 is 25.3 Å². The van der Waals surface area contributed by atoms with E-state index in [1.54, 1.807) is 6.07 Å². The highest BCUT2D eigenvalue weighted by Gasteiger charge is 2.40. The number of methoxy groups -OCH3 is 1. The number of alkyl halides is 3. The second-order valence-electron chi connectivity index (χ2n) is 6.43. The molecular weight excluding hydrogens is 435 g/mol. The van der Waals surface area contributed by atoms with Crippen LogP contribution in [0.4, 0.5) is 13.2 Å². The molecule has 0 fully saturated rings. The number of nitrogens with one attached hydrogen (secondary N) is 1. The molecule has 0 spiro atoms. The van der Waals surface area contributed by atoms with Crippen LogP contribution in [-0.2, 0) is 15.8 Å².